The highest BCUT2D eigenvalue weighted by molar-refractivity contribution is 8.00. The maximum absolute atomic E-state index is 11.6. The number of hydrogen-bond acceptors (Lipinski definition) is 7. The van der Waals surface area contributed by atoms with Gasteiger partial charge in [0, 0.05) is 12.0 Å². The summed E-state index contributed by atoms with van der Waals surface area (Å²) in [4.78, 5) is 15.7. The summed E-state index contributed by atoms with van der Waals surface area (Å²) in [5.41, 5.74) is 6.14. The zero-order valence-corrected chi connectivity index (χ0v) is 12.4. The van der Waals surface area contributed by atoms with E-state index in [1.54, 1.807) is 6.92 Å². The Kier molecular flexibility index (Phi) is 5.61. The average molecular weight is 304 g/mol. The lowest BCUT2D eigenvalue weighted by Crippen LogP contribution is -2.09. The van der Waals surface area contributed by atoms with E-state index in [1.165, 1.54) is 30.3 Å². The van der Waals surface area contributed by atoms with Gasteiger partial charge < -0.3 is 10.5 Å². The van der Waals surface area contributed by atoms with E-state index < -0.39 is 15.8 Å². The quantitative estimate of drug-likeness (QED) is 0.617. The molecule has 6 nitrogen and oxygen atoms in total. The second kappa shape index (κ2) is 6.76. The molecule has 0 aromatic carbocycles. The van der Waals surface area contributed by atoms with Crippen LogP contribution in [0.4, 0.5) is 5.69 Å². The van der Waals surface area contributed by atoms with Gasteiger partial charge in [0.2, 0.25) is 0 Å². The van der Waals surface area contributed by atoms with Crippen LogP contribution < -0.4 is 5.73 Å². The first-order valence-electron chi connectivity index (χ1n) is 5.56. The fourth-order valence-corrected chi connectivity index (χ4v) is 3.29. The van der Waals surface area contributed by atoms with Crippen LogP contribution in [0.1, 0.15) is 17.3 Å². The molecule has 0 amide bonds. The standard InChI is InChI=1S/C11H16N2O4S2/c1-3-17-11(14)8-6-10(13-7-9(8)12)18-4-5-19(2,15)16/h6-7H,3-5,12H2,1-2H3. The topological polar surface area (TPSA) is 99.4 Å². The average Bonchev–Trinajstić information content (AvgIpc) is 2.30. The highest BCUT2D eigenvalue weighted by Crippen LogP contribution is 2.21. The van der Waals surface area contributed by atoms with Gasteiger partial charge in [0.05, 0.1) is 34.8 Å². The summed E-state index contributed by atoms with van der Waals surface area (Å²) < 4.78 is 26.9. The Labute approximate surface area is 116 Å². The number of sulfone groups is 1. The summed E-state index contributed by atoms with van der Waals surface area (Å²) in [7, 11) is -3.00. The first-order valence-corrected chi connectivity index (χ1v) is 8.61. The number of pyridine rings is 1. The molecular weight excluding hydrogens is 288 g/mol. The molecule has 2 N–H and O–H groups in total. The number of aromatic nitrogens is 1. The van der Waals surface area contributed by atoms with Crippen molar-refractivity contribution in [1.29, 1.82) is 0 Å². The van der Waals surface area contributed by atoms with Crippen molar-refractivity contribution in [2.75, 3.05) is 30.1 Å². The predicted octanol–water partition coefficient (Wildman–Crippen LogP) is 0.977. The van der Waals surface area contributed by atoms with E-state index in [0.29, 0.717) is 10.8 Å². The third-order valence-corrected chi connectivity index (χ3v) is 4.24. The molecule has 1 aromatic rings. The van der Waals surface area contributed by atoms with Crippen LogP contribution in [0.5, 0.6) is 0 Å². The first-order chi connectivity index (χ1) is 8.83. The lowest BCUT2D eigenvalue weighted by atomic mass is 10.2. The molecule has 0 unspecified atom stereocenters. The van der Waals surface area contributed by atoms with Crippen LogP contribution >= 0.6 is 11.8 Å². The fourth-order valence-electron chi connectivity index (χ4n) is 1.21. The van der Waals surface area contributed by atoms with Crippen molar-refractivity contribution in [3.05, 3.63) is 17.8 Å². The molecule has 0 bridgehead atoms. The minimum absolute atomic E-state index is 0.0540. The van der Waals surface area contributed by atoms with Crippen molar-refractivity contribution >= 4 is 33.3 Å². The third kappa shape index (κ3) is 5.48. The number of anilines is 1. The number of hydrogen-bond donors (Lipinski definition) is 1. The van der Waals surface area contributed by atoms with E-state index in [9.17, 15) is 13.2 Å². The van der Waals surface area contributed by atoms with Gasteiger partial charge in [-0.25, -0.2) is 18.2 Å². The number of thioether (sulfide) groups is 1. The number of nitrogen functional groups attached to an aromatic ring is 1. The Hall–Kier alpha value is -1.28. The molecule has 1 heterocycles. The predicted molar refractivity (Wildman–Crippen MR) is 75.0 cm³/mol. The summed E-state index contributed by atoms with van der Waals surface area (Å²) in [6.07, 6.45) is 2.54. The molecule has 0 fully saturated rings. The molecule has 0 aliphatic carbocycles. The van der Waals surface area contributed by atoms with Crippen molar-refractivity contribution < 1.29 is 17.9 Å². The van der Waals surface area contributed by atoms with Crippen molar-refractivity contribution in [1.82, 2.24) is 4.98 Å². The third-order valence-electron chi connectivity index (χ3n) is 2.11. The summed E-state index contributed by atoms with van der Waals surface area (Å²) in [6.45, 7) is 1.97. The number of nitrogens with two attached hydrogens (primary N) is 1. The number of carbonyl (C=O) groups excluding carboxylic acids is 1. The normalized spacial score (nSPS) is 11.3. The monoisotopic (exact) mass is 304 g/mol. The van der Waals surface area contributed by atoms with Crippen molar-refractivity contribution in [3.63, 3.8) is 0 Å². The number of nitrogens with zero attached hydrogens (tertiary/aromatic N) is 1. The van der Waals surface area contributed by atoms with E-state index in [-0.39, 0.29) is 23.6 Å². The molecule has 106 valence electrons. The Morgan fingerprint density at radius 1 is 1.53 bits per heavy atom. The summed E-state index contributed by atoms with van der Waals surface area (Å²) >= 11 is 1.25. The van der Waals surface area contributed by atoms with Crippen molar-refractivity contribution in [3.8, 4) is 0 Å². The van der Waals surface area contributed by atoms with Crippen molar-refractivity contribution in [2.45, 2.75) is 11.9 Å². The first kappa shape index (κ1) is 15.8. The minimum Gasteiger partial charge on any atom is -0.462 e. The van der Waals surface area contributed by atoms with Gasteiger partial charge in [0.25, 0.3) is 0 Å². The summed E-state index contributed by atoms with van der Waals surface area (Å²) in [5.74, 6) is -0.0800. The number of esters is 1. The van der Waals surface area contributed by atoms with Crippen LogP contribution in [0.2, 0.25) is 0 Å². The Balaban J connectivity index is 2.76. The van der Waals surface area contributed by atoms with Crippen LogP contribution in [0.25, 0.3) is 0 Å². The zero-order chi connectivity index (χ0) is 14.5. The molecule has 0 atom stereocenters. The van der Waals surface area contributed by atoms with E-state index in [4.69, 9.17) is 10.5 Å². The highest BCUT2D eigenvalue weighted by atomic mass is 32.2. The molecule has 0 aliphatic rings. The lowest BCUT2D eigenvalue weighted by Gasteiger charge is -2.07. The van der Waals surface area contributed by atoms with Gasteiger partial charge in [-0.3, -0.25) is 0 Å². The summed E-state index contributed by atoms with van der Waals surface area (Å²) in [6, 6.07) is 1.51. The summed E-state index contributed by atoms with van der Waals surface area (Å²) in [5, 5.41) is 0.543. The molecule has 0 radical (unpaired) electrons. The second-order valence-electron chi connectivity index (χ2n) is 3.81. The molecule has 1 rings (SSSR count). The zero-order valence-electron chi connectivity index (χ0n) is 10.8. The van der Waals surface area contributed by atoms with Crippen LogP contribution in [-0.4, -0.2) is 43.7 Å². The molecule has 0 saturated carbocycles. The molecule has 1 aromatic heterocycles. The van der Waals surface area contributed by atoms with Crippen LogP contribution in [-0.2, 0) is 14.6 Å². The van der Waals surface area contributed by atoms with E-state index in [0.717, 1.165) is 0 Å². The molecule has 0 aliphatic heterocycles. The maximum Gasteiger partial charge on any atom is 0.340 e. The molecule has 0 spiro atoms. The SMILES string of the molecule is CCOC(=O)c1cc(SCCS(C)(=O)=O)ncc1N. The van der Waals surface area contributed by atoms with E-state index >= 15 is 0 Å². The van der Waals surface area contributed by atoms with Crippen LogP contribution in [0.3, 0.4) is 0 Å². The number of rotatable bonds is 6. The lowest BCUT2D eigenvalue weighted by molar-refractivity contribution is 0.0527. The van der Waals surface area contributed by atoms with Crippen LogP contribution in [0, 0.1) is 0 Å². The largest absolute Gasteiger partial charge is 0.462 e. The highest BCUT2D eigenvalue weighted by Gasteiger charge is 2.13. The van der Waals surface area contributed by atoms with Gasteiger partial charge in [-0.05, 0) is 13.0 Å². The number of ether oxygens (including phenoxy) is 1. The number of carbonyl (C=O) groups is 1. The van der Waals surface area contributed by atoms with Gasteiger partial charge in [-0.2, -0.15) is 0 Å². The smallest absolute Gasteiger partial charge is 0.340 e. The van der Waals surface area contributed by atoms with Gasteiger partial charge in [-0.15, -0.1) is 11.8 Å². The minimum atomic E-state index is -3.00. The van der Waals surface area contributed by atoms with Crippen LogP contribution in [0.15, 0.2) is 17.3 Å². The Morgan fingerprint density at radius 2 is 2.21 bits per heavy atom. The van der Waals surface area contributed by atoms with Crippen molar-refractivity contribution in [2.24, 2.45) is 0 Å². The fraction of sp³-hybridized carbons (Fsp3) is 0.455. The van der Waals surface area contributed by atoms with Gasteiger partial charge in [0.15, 0.2) is 0 Å². The van der Waals surface area contributed by atoms with Gasteiger partial charge >= 0.3 is 5.97 Å². The van der Waals surface area contributed by atoms with E-state index in [1.807, 2.05) is 0 Å². The van der Waals surface area contributed by atoms with E-state index in [2.05, 4.69) is 4.98 Å². The molecule has 8 heteroatoms. The maximum atomic E-state index is 11.6. The molecular formula is C11H16N2O4S2. The molecule has 0 saturated heterocycles. The van der Waals surface area contributed by atoms with Gasteiger partial charge in [-0.1, -0.05) is 0 Å². The second-order valence-corrected chi connectivity index (χ2v) is 7.18. The Morgan fingerprint density at radius 3 is 2.79 bits per heavy atom. The molecule has 19 heavy (non-hydrogen) atoms. The van der Waals surface area contributed by atoms with Gasteiger partial charge in [0.1, 0.15) is 9.84 Å². The Bertz CT molecular complexity index is 558.